The van der Waals surface area contributed by atoms with Crippen LogP contribution in [0.25, 0.3) is 0 Å². The molecule has 1 aromatic heterocycles. The minimum atomic E-state index is -3.92. The molecule has 0 aliphatic heterocycles. The minimum Gasteiger partial charge on any atom is -0.443 e. The van der Waals surface area contributed by atoms with E-state index in [9.17, 15) is 13.2 Å². The third kappa shape index (κ3) is 4.39. The van der Waals surface area contributed by atoms with Crippen LogP contribution in [-0.2, 0) is 14.8 Å². The van der Waals surface area contributed by atoms with Crippen molar-refractivity contribution < 1.29 is 17.9 Å². The van der Waals surface area contributed by atoms with E-state index in [-0.39, 0.29) is 4.90 Å². The number of pyridine rings is 1. The number of carbonyl (C=O) groups excluding carboxylic acids is 1. The number of hydrogen-bond donors (Lipinski definition) is 1. The number of amides is 1. The van der Waals surface area contributed by atoms with E-state index in [4.69, 9.17) is 4.74 Å². The first-order valence-corrected chi connectivity index (χ1v) is 6.35. The molecule has 1 rings (SSSR count). The highest BCUT2D eigenvalue weighted by molar-refractivity contribution is 7.90. The largest absolute Gasteiger partial charge is 0.443 e. The molecule has 0 saturated heterocycles. The molecule has 0 spiro atoms. The summed E-state index contributed by atoms with van der Waals surface area (Å²) >= 11 is 0. The maximum Gasteiger partial charge on any atom is 0.421 e. The maximum atomic E-state index is 11.7. The Morgan fingerprint density at radius 2 is 2.06 bits per heavy atom. The molecule has 0 aliphatic rings. The fourth-order valence-corrected chi connectivity index (χ4v) is 1.81. The van der Waals surface area contributed by atoms with Crippen LogP contribution in [0, 0.1) is 0 Å². The molecule has 7 heteroatoms. The molecular weight excluding hydrogens is 244 g/mol. The van der Waals surface area contributed by atoms with Crippen molar-refractivity contribution in [1.82, 2.24) is 9.71 Å². The van der Waals surface area contributed by atoms with Gasteiger partial charge in [0.05, 0.1) is 0 Å². The Labute approximate surface area is 100 Å². The predicted molar refractivity (Wildman–Crippen MR) is 60.8 cm³/mol. The van der Waals surface area contributed by atoms with Gasteiger partial charge in [0.15, 0.2) is 0 Å². The Hall–Kier alpha value is -1.63. The number of aromatic nitrogens is 1. The second-order valence-corrected chi connectivity index (χ2v) is 5.98. The molecule has 1 heterocycles. The predicted octanol–water partition coefficient (Wildman–Crippen LogP) is 1.30. The summed E-state index contributed by atoms with van der Waals surface area (Å²) in [5.41, 5.74) is -0.755. The summed E-state index contributed by atoms with van der Waals surface area (Å²) in [6, 6.07) is 2.79. The van der Waals surface area contributed by atoms with Crippen LogP contribution in [0.5, 0.6) is 0 Å². The van der Waals surface area contributed by atoms with Gasteiger partial charge < -0.3 is 4.74 Å². The van der Waals surface area contributed by atoms with Gasteiger partial charge in [0, 0.05) is 12.4 Å². The van der Waals surface area contributed by atoms with Crippen LogP contribution in [0.2, 0.25) is 0 Å². The highest BCUT2D eigenvalue weighted by Gasteiger charge is 2.22. The molecule has 0 fully saturated rings. The van der Waals surface area contributed by atoms with E-state index in [1.807, 2.05) is 0 Å². The third-order valence-corrected chi connectivity index (χ3v) is 2.86. The van der Waals surface area contributed by atoms with Gasteiger partial charge in [0.1, 0.15) is 10.5 Å². The first-order chi connectivity index (χ1) is 7.71. The summed E-state index contributed by atoms with van der Waals surface area (Å²) in [5.74, 6) is 0. The van der Waals surface area contributed by atoms with E-state index in [1.54, 1.807) is 25.5 Å². The van der Waals surface area contributed by atoms with Crippen molar-refractivity contribution in [1.29, 1.82) is 0 Å². The fourth-order valence-electron chi connectivity index (χ4n) is 0.974. The lowest BCUT2D eigenvalue weighted by molar-refractivity contribution is 0.0570. The van der Waals surface area contributed by atoms with Gasteiger partial charge in [-0.3, -0.25) is 4.98 Å². The Bertz CT molecular complexity index is 491. The lowest BCUT2D eigenvalue weighted by Crippen LogP contribution is -2.36. The molecule has 0 aliphatic carbocycles. The van der Waals surface area contributed by atoms with Crippen molar-refractivity contribution in [3.8, 4) is 0 Å². The van der Waals surface area contributed by atoms with Crippen LogP contribution in [-0.4, -0.2) is 25.1 Å². The SMILES string of the molecule is CC(C)(C)OC(=O)NS(=O)(=O)c1cccnc1. The Kier molecular flexibility index (Phi) is 3.72. The summed E-state index contributed by atoms with van der Waals surface area (Å²) < 4.78 is 30.0. The number of nitrogens with one attached hydrogen (secondary N) is 1. The zero-order chi connectivity index (χ0) is 13.1. The molecule has 94 valence electrons. The lowest BCUT2D eigenvalue weighted by Gasteiger charge is -2.19. The topological polar surface area (TPSA) is 85.4 Å². The van der Waals surface area contributed by atoms with E-state index in [0.29, 0.717) is 0 Å². The molecule has 0 bridgehead atoms. The first kappa shape index (κ1) is 13.4. The zero-order valence-electron chi connectivity index (χ0n) is 9.80. The smallest absolute Gasteiger partial charge is 0.421 e. The van der Waals surface area contributed by atoms with Gasteiger partial charge in [-0.1, -0.05) is 0 Å². The molecular formula is C10H14N2O4S. The summed E-state index contributed by atoms with van der Waals surface area (Å²) in [4.78, 5) is 14.9. The van der Waals surface area contributed by atoms with Crippen LogP contribution in [0.4, 0.5) is 4.79 Å². The summed E-state index contributed by atoms with van der Waals surface area (Å²) in [7, 11) is -3.92. The highest BCUT2D eigenvalue weighted by Crippen LogP contribution is 2.09. The van der Waals surface area contributed by atoms with Crippen LogP contribution < -0.4 is 4.72 Å². The van der Waals surface area contributed by atoms with E-state index < -0.39 is 21.7 Å². The number of sulfonamides is 1. The Morgan fingerprint density at radius 1 is 1.41 bits per heavy atom. The molecule has 0 radical (unpaired) electrons. The number of carbonyl (C=O) groups is 1. The average molecular weight is 258 g/mol. The zero-order valence-corrected chi connectivity index (χ0v) is 10.6. The highest BCUT2D eigenvalue weighted by atomic mass is 32.2. The van der Waals surface area contributed by atoms with Crippen molar-refractivity contribution in [2.24, 2.45) is 0 Å². The summed E-state index contributed by atoms with van der Waals surface area (Å²) in [6.07, 6.45) is 1.57. The normalized spacial score (nSPS) is 11.9. The van der Waals surface area contributed by atoms with Crippen molar-refractivity contribution in [2.45, 2.75) is 31.3 Å². The van der Waals surface area contributed by atoms with E-state index in [2.05, 4.69) is 4.98 Å². The third-order valence-electron chi connectivity index (χ3n) is 1.56. The quantitative estimate of drug-likeness (QED) is 0.864. The summed E-state index contributed by atoms with van der Waals surface area (Å²) in [5, 5.41) is 0. The van der Waals surface area contributed by atoms with Crippen molar-refractivity contribution in [2.75, 3.05) is 0 Å². The van der Waals surface area contributed by atoms with Crippen LogP contribution in [0.1, 0.15) is 20.8 Å². The monoisotopic (exact) mass is 258 g/mol. The standard InChI is InChI=1S/C10H14N2O4S/c1-10(2,3)16-9(13)12-17(14,15)8-5-4-6-11-7-8/h4-7H,1-3H3,(H,12,13). The molecule has 1 aromatic rings. The lowest BCUT2D eigenvalue weighted by atomic mass is 10.2. The van der Waals surface area contributed by atoms with Crippen molar-refractivity contribution in [3.05, 3.63) is 24.5 Å². The number of hydrogen-bond acceptors (Lipinski definition) is 5. The molecule has 1 amide bonds. The molecule has 0 unspecified atom stereocenters. The fraction of sp³-hybridized carbons (Fsp3) is 0.400. The molecule has 17 heavy (non-hydrogen) atoms. The number of nitrogens with zero attached hydrogens (tertiary/aromatic N) is 1. The van der Waals surface area contributed by atoms with Gasteiger partial charge in [0.2, 0.25) is 0 Å². The van der Waals surface area contributed by atoms with Crippen molar-refractivity contribution >= 4 is 16.1 Å². The molecule has 6 nitrogen and oxygen atoms in total. The van der Waals surface area contributed by atoms with E-state index >= 15 is 0 Å². The van der Waals surface area contributed by atoms with Gasteiger partial charge in [0.25, 0.3) is 10.0 Å². The maximum absolute atomic E-state index is 11.7. The Balaban J connectivity index is 2.79. The average Bonchev–Trinajstić information content (AvgIpc) is 2.15. The summed E-state index contributed by atoms with van der Waals surface area (Å²) in [6.45, 7) is 4.93. The second-order valence-electron chi connectivity index (χ2n) is 4.30. The molecule has 1 N–H and O–H groups in total. The minimum absolute atomic E-state index is 0.0918. The second kappa shape index (κ2) is 4.70. The van der Waals surface area contributed by atoms with Crippen LogP contribution in [0.15, 0.2) is 29.4 Å². The number of rotatable bonds is 2. The van der Waals surface area contributed by atoms with Gasteiger partial charge in [-0.05, 0) is 32.9 Å². The molecule has 0 saturated carbocycles. The van der Waals surface area contributed by atoms with Crippen LogP contribution >= 0.6 is 0 Å². The molecule has 0 atom stereocenters. The van der Waals surface area contributed by atoms with E-state index in [0.717, 1.165) is 6.20 Å². The molecule has 0 aromatic carbocycles. The first-order valence-electron chi connectivity index (χ1n) is 4.86. The Morgan fingerprint density at radius 3 is 2.53 bits per heavy atom. The van der Waals surface area contributed by atoms with Crippen molar-refractivity contribution in [3.63, 3.8) is 0 Å². The van der Waals surface area contributed by atoms with Gasteiger partial charge in [-0.2, -0.15) is 0 Å². The number of ether oxygens (including phenoxy) is 1. The van der Waals surface area contributed by atoms with Gasteiger partial charge >= 0.3 is 6.09 Å². The van der Waals surface area contributed by atoms with Gasteiger partial charge in [-0.25, -0.2) is 17.9 Å². The van der Waals surface area contributed by atoms with Gasteiger partial charge in [-0.15, -0.1) is 0 Å². The van der Waals surface area contributed by atoms with E-state index in [1.165, 1.54) is 18.3 Å². The van der Waals surface area contributed by atoms with Crippen LogP contribution in [0.3, 0.4) is 0 Å².